The molecule has 0 atom stereocenters. The fourth-order valence-corrected chi connectivity index (χ4v) is 3.31. The van der Waals surface area contributed by atoms with Crippen molar-refractivity contribution in [2.75, 3.05) is 32.7 Å². The van der Waals surface area contributed by atoms with Crippen molar-refractivity contribution in [1.29, 1.82) is 0 Å². The average molecular weight is 531 g/mol. The van der Waals surface area contributed by atoms with Crippen molar-refractivity contribution >= 4 is 47.4 Å². The third-order valence-corrected chi connectivity index (χ3v) is 4.91. The largest absolute Gasteiger partial charge is 0.357 e. The van der Waals surface area contributed by atoms with E-state index < -0.39 is 0 Å². The summed E-state index contributed by atoms with van der Waals surface area (Å²) in [5.74, 6) is 0.907. The van der Waals surface area contributed by atoms with Crippen molar-refractivity contribution < 1.29 is 4.79 Å². The minimum absolute atomic E-state index is 0. The van der Waals surface area contributed by atoms with E-state index in [9.17, 15) is 4.79 Å². The smallest absolute Gasteiger partial charge is 0.242 e. The van der Waals surface area contributed by atoms with Crippen LogP contribution in [-0.4, -0.2) is 64.2 Å². The Labute approximate surface area is 194 Å². The van der Waals surface area contributed by atoms with E-state index in [4.69, 9.17) is 16.6 Å². The Morgan fingerprint density at radius 3 is 2.62 bits per heavy atom. The number of hydrogen-bond donors (Lipinski definition) is 1. The van der Waals surface area contributed by atoms with Crippen LogP contribution in [0.3, 0.4) is 0 Å². The van der Waals surface area contributed by atoms with E-state index in [1.54, 1.807) is 4.68 Å². The highest BCUT2D eigenvalue weighted by molar-refractivity contribution is 14.0. The quantitative estimate of drug-likeness (QED) is 0.354. The van der Waals surface area contributed by atoms with E-state index in [0.29, 0.717) is 31.2 Å². The highest BCUT2D eigenvalue weighted by Crippen LogP contribution is 2.13. The minimum Gasteiger partial charge on any atom is -0.357 e. The van der Waals surface area contributed by atoms with E-state index in [0.717, 1.165) is 36.6 Å². The first kappa shape index (κ1) is 23.5. The summed E-state index contributed by atoms with van der Waals surface area (Å²) in [6.45, 7) is 5.85. The number of rotatable bonds is 6. The van der Waals surface area contributed by atoms with E-state index in [1.807, 2.05) is 60.4 Å². The lowest BCUT2D eigenvalue weighted by molar-refractivity contribution is -0.135. The van der Waals surface area contributed by atoms with Gasteiger partial charge in [-0.1, -0.05) is 23.7 Å². The van der Waals surface area contributed by atoms with Gasteiger partial charge in [0.2, 0.25) is 5.91 Å². The fourth-order valence-electron chi connectivity index (χ4n) is 3.18. The molecule has 7 nitrogen and oxygen atoms in total. The number of halogens is 2. The van der Waals surface area contributed by atoms with Crippen LogP contribution in [0.1, 0.15) is 18.1 Å². The van der Waals surface area contributed by atoms with Gasteiger partial charge in [0.05, 0.1) is 12.7 Å². The van der Waals surface area contributed by atoms with Crippen LogP contribution in [0, 0.1) is 0 Å². The van der Waals surface area contributed by atoms with Gasteiger partial charge >= 0.3 is 0 Å². The molecule has 29 heavy (non-hydrogen) atoms. The second-order valence-electron chi connectivity index (χ2n) is 6.87. The molecule has 0 aliphatic carbocycles. The topological polar surface area (TPSA) is 65.8 Å². The van der Waals surface area contributed by atoms with Crippen molar-refractivity contribution in [3.63, 3.8) is 0 Å². The second-order valence-corrected chi connectivity index (χ2v) is 7.31. The molecule has 2 heterocycles. The number of nitrogens with one attached hydrogen (secondary N) is 1. The van der Waals surface area contributed by atoms with Crippen molar-refractivity contribution in [2.45, 2.75) is 19.9 Å². The lowest BCUT2D eigenvalue weighted by atomic mass is 10.2. The SMILES string of the molecule is CCNC(=NCCc1cnn(C)c1)N1CCN(Cc2ccc(Cl)cc2)C(=O)C1.I. The third-order valence-electron chi connectivity index (χ3n) is 4.66. The summed E-state index contributed by atoms with van der Waals surface area (Å²) in [5, 5.41) is 8.19. The predicted octanol–water partition coefficient (Wildman–Crippen LogP) is 2.54. The molecule has 1 fully saturated rings. The lowest BCUT2D eigenvalue weighted by Crippen LogP contribution is -2.55. The Bertz CT molecular complexity index is 823. The Morgan fingerprint density at radius 2 is 2.00 bits per heavy atom. The molecule has 9 heteroatoms. The van der Waals surface area contributed by atoms with Crippen LogP contribution in [0.25, 0.3) is 0 Å². The van der Waals surface area contributed by atoms with Gasteiger partial charge in [0.1, 0.15) is 0 Å². The number of benzene rings is 1. The Hall–Kier alpha value is -1.81. The number of guanidine groups is 1. The van der Waals surface area contributed by atoms with Gasteiger partial charge in [-0.2, -0.15) is 5.10 Å². The molecular weight excluding hydrogens is 503 g/mol. The molecule has 158 valence electrons. The number of piperazine rings is 1. The zero-order chi connectivity index (χ0) is 19.9. The number of hydrogen-bond acceptors (Lipinski definition) is 3. The van der Waals surface area contributed by atoms with Gasteiger partial charge in [0, 0.05) is 51.0 Å². The number of aryl methyl sites for hydroxylation is 1. The molecule has 0 radical (unpaired) electrons. The summed E-state index contributed by atoms with van der Waals surface area (Å²) < 4.78 is 1.79. The van der Waals surface area contributed by atoms with E-state index in [-0.39, 0.29) is 29.9 Å². The molecule has 1 aromatic heterocycles. The highest BCUT2D eigenvalue weighted by Gasteiger charge is 2.25. The number of amides is 1. The van der Waals surface area contributed by atoms with Gasteiger partial charge in [-0.15, -0.1) is 24.0 Å². The van der Waals surface area contributed by atoms with Crippen LogP contribution < -0.4 is 5.32 Å². The molecule has 0 bridgehead atoms. The molecule has 0 saturated carbocycles. The monoisotopic (exact) mass is 530 g/mol. The number of aliphatic imine (C=N–C) groups is 1. The number of carbonyl (C=O) groups is 1. The lowest BCUT2D eigenvalue weighted by Gasteiger charge is -2.36. The first-order valence-corrected chi connectivity index (χ1v) is 9.96. The Morgan fingerprint density at radius 1 is 1.24 bits per heavy atom. The van der Waals surface area contributed by atoms with E-state index in [2.05, 4.69) is 10.4 Å². The number of carbonyl (C=O) groups excluding carboxylic acids is 1. The van der Waals surface area contributed by atoms with Crippen molar-refractivity contribution in [2.24, 2.45) is 12.0 Å². The molecule has 0 unspecified atom stereocenters. The van der Waals surface area contributed by atoms with Crippen molar-refractivity contribution in [3.05, 3.63) is 52.8 Å². The van der Waals surface area contributed by atoms with Crippen LogP contribution in [0.5, 0.6) is 0 Å². The molecular formula is C20H28ClIN6O. The van der Waals surface area contributed by atoms with Gasteiger partial charge in [0.25, 0.3) is 0 Å². The van der Waals surface area contributed by atoms with Crippen LogP contribution in [0.15, 0.2) is 41.7 Å². The molecule has 0 spiro atoms. The summed E-state index contributed by atoms with van der Waals surface area (Å²) in [5.41, 5.74) is 2.24. The van der Waals surface area contributed by atoms with Gasteiger partial charge < -0.3 is 15.1 Å². The summed E-state index contributed by atoms with van der Waals surface area (Å²) in [6.07, 6.45) is 4.69. The zero-order valence-corrected chi connectivity index (χ0v) is 19.9. The second kappa shape index (κ2) is 11.4. The number of nitrogens with zero attached hydrogens (tertiary/aromatic N) is 5. The first-order chi connectivity index (χ1) is 13.5. The van der Waals surface area contributed by atoms with Crippen molar-refractivity contribution in [3.8, 4) is 0 Å². The fraction of sp³-hybridized carbons (Fsp3) is 0.450. The maximum Gasteiger partial charge on any atom is 0.242 e. The van der Waals surface area contributed by atoms with E-state index in [1.165, 1.54) is 0 Å². The molecule has 1 amide bonds. The van der Waals surface area contributed by atoms with Gasteiger partial charge in [0.15, 0.2) is 5.96 Å². The summed E-state index contributed by atoms with van der Waals surface area (Å²) >= 11 is 5.94. The number of aromatic nitrogens is 2. The maximum absolute atomic E-state index is 12.6. The molecule has 1 aromatic carbocycles. The van der Waals surface area contributed by atoms with Gasteiger partial charge in [-0.25, -0.2) is 0 Å². The first-order valence-electron chi connectivity index (χ1n) is 9.58. The van der Waals surface area contributed by atoms with Crippen LogP contribution in [-0.2, 0) is 24.8 Å². The minimum atomic E-state index is 0. The average Bonchev–Trinajstić information content (AvgIpc) is 3.09. The standard InChI is InChI=1S/C20H27ClN6O.HI/c1-3-22-20(23-9-8-17-12-24-25(2)13-17)27-11-10-26(19(28)15-27)14-16-4-6-18(21)7-5-16;/h4-7,12-13H,3,8-11,14-15H2,1-2H3,(H,22,23);1H. The third kappa shape index (κ3) is 6.88. The Balaban J connectivity index is 0.00000300. The van der Waals surface area contributed by atoms with Gasteiger partial charge in [-0.3, -0.25) is 14.5 Å². The molecule has 3 rings (SSSR count). The summed E-state index contributed by atoms with van der Waals surface area (Å²) in [6, 6.07) is 7.64. The van der Waals surface area contributed by atoms with Crippen LogP contribution in [0.2, 0.25) is 5.02 Å². The molecule has 1 saturated heterocycles. The van der Waals surface area contributed by atoms with Crippen LogP contribution >= 0.6 is 35.6 Å². The molecule has 1 N–H and O–H groups in total. The predicted molar refractivity (Wildman–Crippen MR) is 127 cm³/mol. The normalized spacial score (nSPS) is 14.7. The van der Waals surface area contributed by atoms with Crippen LogP contribution in [0.4, 0.5) is 0 Å². The molecule has 1 aliphatic heterocycles. The molecule has 2 aromatic rings. The highest BCUT2D eigenvalue weighted by atomic mass is 127. The maximum atomic E-state index is 12.6. The zero-order valence-electron chi connectivity index (χ0n) is 16.8. The summed E-state index contributed by atoms with van der Waals surface area (Å²) in [4.78, 5) is 21.3. The molecule has 1 aliphatic rings. The van der Waals surface area contributed by atoms with Crippen molar-refractivity contribution in [1.82, 2.24) is 24.9 Å². The Kier molecular flexibility index (Phi) is 9.22. The van der Waals surface area contributed by atoms with Gasteiger partial charge in [-0.05, 0) is 36.6 Å². The van der Waals surface area contributed by atoms with E-state index >= 15 is 0 Å². The summed E-state index contributed by atoms with van der Waals surface area (Å²) in [7, 11) is 1.91.